The fourth-order valence-electron chi connectivity index (χ4n) is 3.51. The average Bonchev–Trinajstić information content (AvgIpc) is 2.78. The first-order valence-corrected chi connectivity index (χ1v) is 8.14. The molecule has 0 radical (unpaired) electrons. The molecule has 1 N–H and O–H groups in total. The summed E-state index contributed by atoms with van der Waals surface area (Å²) in [4.78, 5) is 6.07. The number of hydrogen-bond acceptors (Lipinski definition) is 1. The zero-order valence-corrected chi connectivity index (χ0v) is 13.1. The van der Waals surface area contributed by atoms with E-state index in [9.17, 15) is 0 Å². The number of aromatic nitrogens is 1. The number of likely N-dealkylation sites (N-methyl/N-ethyl adjacent to an activating group) is 1. The maximum atomic E-state index is 3.64. The van der Waals surface area contributed by atoms with Gasteiger partial charge in [0.25, 0.3) is 0 Å². The van der Waals surface area contributed by atoms with Crippen molar-refractivity contribution in [2.75, 3.05) is 20.1 Å². The van der Waals surface area contributed by atoms with E-state index in [1.807, 2.05) is 0 Å². The molecule has 22 heavy (non-hydrogen) atoms. The number of H-pyrrole nitrogens is 1. The number of rotatable bonds is 2. The third-order valence-electron chi connectivity index (χ3n) is 4.80. The molecule has 0 fully saturated rings. The fourth-order valence-corrected chi connectivity index (χ4v) is 3.51. The van der Waals surface area contributed by atoms with Gasteiger partial charge in [-0.1, -0.05) is 36.4 Å². The van der Waals surface area contributed by atoms with Crippen molar-refractivity contribution in [2.45, 2.75) is 19.3 Å². The molecule has 1 aliphatic heterocycles. The largest absolute Gasteiger partial charge is 0.358 e. The average molecular weight is 290 g/mol. The van der Waals surface area contributed by atoms with Crippen LogP contribution in [0.3, 0.4) is 0 Å². The van der Waals surface area contributed by atoms with Crippen LogP contribution in [0.25, 0.3) is 10.9 Å². The SMILES string of the molecule is CN1CCc2[nH]c3ccc(Cc4ccccc4)cc3c2CC1. The number of benzene rings is 2. The first kappa shape index (κ1) is 13.6. The lowest BCUT2D eigenvalue weighted by Crippen LogP contribution is -2.21. The Morgan fingerprint density at radius 2 is 1.77 bits per heavy atom. The first-order chi connectivity index (χ1) is 10.8. The monoisotopic (exact) mass is 290 g/mol. The molecule has 0 amide bonds. The number of nitrogens with one attached hydrogen (secondary N) is 1. The van der Waals surface area contributed by atoms with Crippen molar-refractivity contribution in [1.29, 1.82) is 0 Å². The minimum atomic E-state index is 1.01. The highest BCUT2D eigenvalue weighted by Crippen LogP contribution is 2.27. The van der Waals surface area contributed by atoms with Crippen LogP contribution >= 0.6 is 0 Å². The predicted octanol–water partition coefficient (Wildman–Crippen LogP) is 3.79. The second-order valence-corrected chi connectivity index (χ2v) is 6.43. The lowest BCUT2D eigenvalue weighted by atomic mass is 10.0. The molecule has 2 nitrogen and oxygen atoms in total. The summed E-state index contributed by atoms with van der Waals surface area (Å²) in [7, 11) is 2.22. The van der Waals surface area contributed by atoms with Crippen LogP contribution in [0, 0.1) is 0 Å². The number of fused-ring (bicyclic) bond motifs is 3. The summed E-state index contributed by atoms with van der Waals surface area (Å²) < 4.78 is 0. The summed E-state index contributed by atoms with van der Waals surface area (Å²) in [5.41, 5.74) is 7.05. The van der Waals surface area contributed by atoms with Gasteiger partial charge in [-0.15, -0.1) is 0 Å². The van der Waals surface area contributed by atoms with Crippen molar-refractivity contribution in [2.24, 2.45) is 0 Å². The Bertz CT molecular complexity index is 786. The van der Waals surface area contributed by atoms with Gasteiger partial charge in [-0.2, -0.15) is 0 Å². The van der Waals surface area contributed by atoms with Crippen LogP contribution in [0.5, 0.6) is 0 Å². The molecule has 0 spiro atoms. The van der Waals surface area contributed by atoms with E-state index in [4.69, 9.17) is 0 Å². The lowest BCUT2D eigenvalue weighted by molar-refractivity contribution is 0.352. The summed E-state index contributed by atoms with van der Waals surface area (Å²) >= 11 is 0. The first-order valence-electron chi connectivity index (χ1n) is 8.14. The summed E-state index contributed by atoms with van der Waals surface area (Å²) in [6.45, 7) is 2.31. The predicted molar refractivity (Wildman–Crippen MR) is 92.5 cm³/mol. The van der Waals surface area contributed by atoms with Gasteiger partial charge in [-0.25, -0.2) is 0 Å². The van der Waals surface area contributed by atoms with Crippen LogP contribution < -0.4 is 0 Å². The van der Waals surface area contributed by atoms with Gasteiger partial charge in [0.15, 0.2) is 0 Å². The van der Waals surface area contributed by atoms with Crippen LogP contribution in [0.4, 0.5) is 0 Å². The van der Waals surface area contributed by atoms with E-state index in [0.29, 0.717) is 0 Å². The van der Waals surface area contributed by atoms with Gasteiger partial charge in [-0.05, 0) is 48.7 Å². The topological polar surface area (TPSA) is 19.0 Å². The van der Waals surface area contributed by atoms with E-state index >= 15 is 0 Å². The minimum Gasteiger partial charge on any atom is -0.358 e. The number of hydrogen-bond donors (Lipinski definition) is 1. The van der Waals surface area contributed by atoms with E-state index in [0.717, 1.165) is 32.4 Å². The molecule has 0 unspecified atom stereocenters. The maximum Gasteiger partial charge on any atom is 0.0459 e. The lowest BCUT2D eigenvalue weighted by Gasteiger charge is -2.11. The van der Waals surface area contributed by atoms with Crippen molar-refractivity contribution in [3.63, 3.8) is 0 Å². The maximum absolute atomic E-state index is 3.64. The van der Waals surface area contributed by atoms with E-state index in [1.165, 1.54) is 33.3 Å². The molecule has 0 bridgehead atoms. The zero-order chi connectivity index (χ0) is 14.9. The van der Waals surface area contributed by atoms with Crippen molar-refractivity contribution < 1.29 is 0 Å². The van der Waals surface area contributed by atoms with Crippen molar-refractivity contribution in [3.05, 3.63) is 70.9 Å². The van der Waals surface area contributed by atoms with Gasteiger partial charge >= 0.3 is 0 Å². The molecule has 2 heteroatoms. The Kier molecular flexibility index (Phi) is 3.47. The van der Waals surface area contributed by atoms with Crippen molar-refractivity contribution in [1.82, 2.24) is 9.88 Å². The van der Waals surface area contributed by atoms with Gasteiger partial charge in [-0.3, -0.25) is 0 Å². The standard InChI is InChI=1S/C20H22N2/c1-22-11-9-17-18-14-16(13-15-5-3-2-4-6-15)7-8-19(18)21-20(17)10-12-22/h2-8,14,21H,9-13H2,1H3. The minimum absolute atomic E-state index is 1.01. The zero-order valence-electron chi connectivity index (χ0n) is 13.1. The molecule has 1 aliphatic rings. The summed E-state index contributed by atoms with van der Waals surface area (Å²) in [6.07, 6.45) is 3.30. The molecule has 0 aliphatic carbocycles. The molecule has 4 rings (SSSR count). The van der Waals surface area contributed by atoms with E-state index in [2.05, 4.69) is 65.5 Å². The quantitative estimate of drug-likeness (QED) is 0.761. The Morgan fingerprint density at radius 3 is 2.64 bits per heavy atom. The smallest absolute Gasteiger partial charge is 0.0459 e. The Balaban J connectivity index is 1.71. The van der Waals surface area contributed by atoms with Crippen LogP contribution in [0.1, 0.15) is 22.4 Å². The molecule has 1 aromatic heterocycles. The highest BCUT2D eigenvalue weighted by atomic mass is 15.1. The molecule has 0 saturated heterocycles. The molecule has 0 atom stereocenters. The van der Waals surface area contributed by atoms with Gasteiger partial charge in [0.1, 0.15) is 0 Å². The van der Waals surface area contributed by atoms with Gasteiger partial charge < -0.3 is 9.88 Å². The Labute approximate surface area is 131 Å². The Morgan fingerprint density at radius 1 is 0.955 bits per heavy atom. The molecule has 112 valence electrons. The molecule has 0 saturated carbocycles. The number of nitrogens with zero attached hydrogens (tertiary/aromatic N) is 1. The van der Waals surface area contributed by atoms with E-state index in [-0.39, 0.29) is 0 Å². The van der Waals surface area contributed by atoms with Crippen LogP contribution in [-0.2, 0) is 19.3 Å². The summed E-state index contributed by atoms with van der Waals surface area (Å²) in [5, 5.41) is 1.43. The molecular weight excluding hydrogens is 268 g/mol. The van der Waals surface area contributed by atoms with Gasteiger partial charge in [0.05, 0.1) is 0 Å². The molecule has 3 aromatic rings. The second kappa shape index (κ2) is 5.62. The number of aromatic amines is 1. The highest BCUT2D eigenvalue weighted by molar-refractivity contribution is 5.85. The van der Waals surface area contributed by atoms with Crippen molar-refractivity contribution in [3.8, 4) is 0 Å². The van der Waals surface area contributed by atoms with Crippen LogP contribution in [0.2, 0.25) is 0 Å². The third-order valence-corrected chi connectivity index (χ3v) is 4.80. The summed E-state index contributed by atoms with van der Waals surface area (Å²) in [6, 6.07) is 17.6. The van der Waals surface area contributed by atoms with Crippen LogP contribution in [-0.4, -0.2) is 30.0 Å². The molecular formula is C20H22N2. The molecule has 2 heterocycles. The Hall–Kier alpha value is -2.06. The third kappa shape index (κ3) is 2.55. The van der Waals surface area contributed by atoms with Gasteiger partial charge in [0, 0.05) is 36.1 Å². The fraction of sp³-hybridized carbons (Fsp3) is 0.300. The van der Waals surface area contributed by atoms with Crippen LogP contribution in [0.15, 0.2) is 48.5 Å². The summed E-state index contributed by atoms with van der Waals surface area (Å²) in [5.74, 6) is 0. The van der Waals surface area contributed by atoms with Gasteiger partial charge in [0.2, 0.25) is 0 Å². The van der Waals surface area contributed by atoms with E-state index in [1.54, 1.807) is 0 Å². The highest BCUT2D eigenvalue weighted by Gasteiger charge is 2.16. The van der Waals surface area contributed by atoms with Crippen molar-refractivity contribution >= 4 is 10.9 Å². The molecule has 2 aromatic carbocycles. The normalized spacial score (nSPS) is 15.7. The second-order valence-electron chi connectivity index (χ2n) is 6.43. The van der Waals surface area contributed by atoms with E-state index < -0.39 is 0 Å².